The van der Waals surface area contributed by atoms with Gasteiger partial charge in [-0.15, -0.1) is 0 Å². The van der Waals surface area contributed by atoms with Gasteiger partial charge >= 0.3 is 0 Å². The van der Waals surface area contributed by atoms with Gasteiger partial charge in [-0.05, 0) is 12.1 Å². The molecule has 1 aromatic carbocycles. The van der Waals surface area contributed by atoms with E-state index in [2.05, 4.69) is 20.9 Å². The summed E-state index contributed by atoms with van der Waals surface area (Å²) in [6.45, 7) is 0.186. The molecule has 0 atom stereocenters. The molecular formula is C11H8BrFN2O. The van der Waals surface area contributed by atoms with Gasteiger partial charge in [-0.1, -0.05) is 22.0 Å². The van der Waals surface area contributed by atoms with Crippen LogP contribution in [0.15, 0.2) is 46.1 Å². The molecule has 1 aromatic heterocycles. The van der Waals surface area contributed by atoms with Crippen molar-refractivity contribution in [2.45, 2.75) is 6.54 Å². The van der Waals surface area contributed by atoms with Crippen LogP contribution in [0.25, 0.3) is 0 Å². The van der Waals surface area contributed by atoms with Gasteiger partial charge in [-0.25, -0.2) is 9.37 Å². The van der Waals surface area contributed by atoms with Crippen molar-refractivity contribution in [1.29, 1.82) is 0 Å². The molecule has 3 nitrogen and oxygen atoms in total. The van der Waals surface area contributed by atoms with E-state index in [0.29, 0.717) is 10.0 Å². The highest BCUT2D eigenvalue weighted by molar-refractivity contribution is 9.10. The third-order valence-electron chi connectivity index (χ3n) is 2.15. The zero-order valence-electron chi connectivity index (χ0n) is 8.23. The zero-order chi connectivity index (χ0) is 11.5. The summed E-state index contributed by atoms with van der Waals surface area (Å²) in [6.07, 6.45) is 2.81. The quantitative estimate of drug-likeness (QED) is 0.846. The third kappa shape index (κ3) is 2.36. The molecule has 5 heteroatoms. The van der Waals surface area contributed by atoms with E-state index in [-0.39, 0.29) is 17.9 Å². The molecule has 1 heterocycles. The molecule has 0 saturated heterocycles. The number of nitrogens with zero attached hydrogens (tertiary/aromatic N) is 2. The fourth-order valence-corrected chi connectivity index (χ4v) is 1.66. The lowest BCUT2D eigenvalue weighted by Gasteiger charge is -2.05. The van der Waals surface area contributed by atoms with Crippen molar-refractivity contribution in [3.63, 3.8) is 0 Å². The topological polar surface area (TPSA) is 34.9 Å². The molecule has 0 saturated carbocycles. The van der Waals surface area contributed by atoms with Gasteiger partial charge in [0, 0.05) is 22.3 Å². The van der Waals surface area contributed by atoms with E-state index in [9.17, 15) is 9.18 Å². The lowest BCUT2D eigenvalue weighted by atomic mass is 10.2. The van der Waals surface area contributed by atoms with Gasteiger partial charge in [-0.3, -0.25) is 9.36 Å². The maximum Gasteiger partial charge on any atom is 0.253 e. The van der Waals surface area contributed by atoms with Gasteiger partial charge in [0.25, 0.3) is 5.56 Å². The second-order valence-electron chi connectivity index (χ2n) is 3.28. The number of rotatable bonds is 2. The van der Waals surface area contributed by atoms with Gasteiger partial charge in [0.2, 0.25) is 0 Å². The molecule has 0 N–H and O–H groups in total. The second kappa shape index (κ2) is 4.57. The van der Waals surface area contributed by atoms with Crippen molar-refractivity contribution in [3.05, 3.63) is 63.0 Å². The molecular weight excluding hydrogens is 275 g/mol. The van der Waals surface area contributed by atoms with E-state index in [1.165, 1.54) is 29.2 Å². The van der Waals surface area contributed by atoms with Gasteiger partial charge in [0.05, 0.1) is 12.9 Å². The Morgan fingerprint density at radius 1 is 1.38 bits per heavy atom. The van der Waals surface area contributed by atoms with Crippen LogP contribution in [0.4, 0.5) is 4.39 Å². The summed E-state index contributed by atoms with van der Waals surface area (Å²) >= 11 is 3.18. The highest BCUT2D eigenvalue weighted by Gasteiger charge is 2.04. The highest BCUT2D eigenvalue weighted by atomic mass is 79.9. The van der Waals surface area contributed by atoms with Crippen LogP contribution in [0.2, 0.25) is 0 Å². The minimum Gasteiger partial charge on any atom is -0.295 e. The number of hydrogen-bond donors (Lipinski definition) is 0. The molecule has 2 rings (SSSR count). The lowest BCUT2D eigenvalue weighted by molar-refractivity contribution is 0.593. The Balaban J connectivity index is 2.35. The zero-order valence-corrected chi connectivity index (χ0v) is 9.82. The number of benzene rings is 1. The van der Waals surface area contributed by atoms with Gasteiger partial charge in [0.15, 0.2) is 0 Å². The van der Waals surface area contributed by atoms with Crippen molar-refractivity contribution < 1.29 is 4.39 Å². The number of halogens is 2. The Hall–Kier alpha value is -1.49. The SMILES string of the molecule is O=c1ccncn1Cc1ccc(Br)cc1F. The molecule has 0 bridgehead atoms. The lowest BCUT2D eigenvalue weighted by Crippen LogP contribution is -2.19. The van der Waals surface area contributed by atoms with E-state index in [4.69, 9.17) is 0 Å². The smallest absolute Gasteiger partial charge is 0.253 e. The van der Waals surface area contributed by atoms with Crippen LogP contribution in [0.1, 0.15) is 5.56 Å². The molecule has 0 radical (unpaired) electrons. The molecule has 82 valence electrons. The number of hydrogen-bond acceptors (Lipinski definition) is 2. The Bertz CT molecular complexity index is 568. The average molecular weight is 283 g/mol. The highest BCUT2D eigenvalue weighted by Crippen LogP contribution is 2.15. The van der Waals surface area contributed by atoms with Crippen LogP contribution in [-0.4, -0.2) is 9.55 Å². The van der Waals surface area contributed by atoms with Crippen molar-refractivity contribution in [3.8, 4) is 0 Å². The monoisotopic (exact) mass is 282 g/mol. The summed E-state index contributed by atoms with van der Waals surface area (Å²) in [7, 11) is 0. The van der Waals surface area contributed by atoms with E-state index >= 15 is 0 Å². The molecule has 0 amide bonds. The molecule has 2 aromatic rings. The Morgan fingerprint density at radius 2 is 2.19 bits per heavy atom. The molecule has 16 heavy (non-hydrogen) atoms. The van der Waals surface area contributed by atoms with E-state index in [1.807, 2.05) is 0 Å². The van der Waals surface area contributed by atoms with Crippen LogP contribution in [0.5, 0.6) is 0 Å². The van der Waals surface area contributed by atoms with Crippen LogP contribution in [0, 0.1) is 5.82 Å². The summed E-state index contributed by atoms with van der Waals surface area (Å²) in [5, 5.41) is 0. The summed E-state index contributed by atoms with van der Waals surface area (Å²) < 4.78 is 15.5. The molecule has 0 aliphatic heterocycles. The molecule has 0 unspecified atom stereocenters. The van der Waals surface area contributed by atoms with E-state index in [1.54, 1.807) is 12.1 Å². The fraction of sp³-hybridized carbons (Fsp3) is 0.0909. The average Bonchev–Trinajstić information content (AvgIpc) is 2.25. The van der Waals surface area contributed by atoms with Crippen LogP contribution < -0.4 is 5.56 Å². The van der Waals surface area contributed by atoms with Gasteiger partial charge < -0.3 is 0 Å². The summed E-state index contributed by atoms with van der Waals surface area (Å²) in [4.78, 5) is 15.2. The van der Waals surface area contributed by atoms with Gasteiger partial charge in [0.1, 0.15) is 5.82 Å². The first-order valence-corrected chi connectivity index (χ1v) is 5.40. The van der Waals surface area contributed by atoms with Gasteiger partial charge in [-0.2, -0.15) is 0 Å². The van der Waals surface area contributed by atoms with Crippen LogP contribution in [0.3, 0.4) is 0 Å². The maximum absolute atomic E-state index is 13.5. The summed E-state index contributed by atoms with van der Waals surface area (Å²) in [5.41, 5.74) is 0.260. The predicted molar refractivity (Wildman–Crippen MR) is 61.7 cm³/mol. The molecule has 0 spiro atoms. The minimum absolute atomic E-state index is 0.186. The third-order valence-corrected chi connectivity index (χ3v) is 2.64. The first-order chi connectivity index (χ1) is 7.66. The van der Waals surface area contributed by atoms with Crippen molar-refractivity contribution >= 4 is 15.9 Å². The second-order valence-corrected chi connectivity index (χ2v) is 4.20. The Labute approximate surface area is 99.7 Å². The van der Waals surface area contributed by atoms with Crippen molar-refractivity contribution in [2.75, 3.05) is 0 Å². The fourth-order valence-electron chi connectivity index (χ4n) is 1.33. The predicted octanol–water partition coefficient (Wildman–Crippen LogP) is 2.19. The van der Waals surface area contributed by atoms with Crippen LogP contribution in [-0.2, 0) is 6.54 Å². The Morgan fingerprint density at radius 3 is 2.88 bits per heavy atom. The minimum atomic E-state index is -0.342. The molecule has 0 aliphatic carbocycles. The number of aromatic nitrogens is 2. The Kier molecular flexibility index (Phi) is 3.14. The van der Waals surface area contributed by atoms with E-state index in [0.717, 1.165) is 0 Å². The van der Waals surface area contributed by atoms with E-state index < -0.39 is 0 Å². The normalized spacial score (nSPS) is 10.4. The van der Waals surface area contributed by atoms with Crippen molar-refractivity contribution in [2.24, 2.45) is 0 Å². The van der Waals surface area contributed by atoms with Crippen LogP contribution >= 0.6 is 15.9 Å². The standard InChI is InChI=1S/C11H8BrFN2O/c12-9-2-1-8(10(13)5-9)6-15-7-14-4-3-11(15)16/h1-5,7H,6H2. The van der Waals surface area contributed by atoms with Crippen molar-refractivity contribution in [1.82, 2.24) is 9.55 Å². The molecule has 0 aliphatic rings. The maximum atomic E-state index is 13.5. The summed E-state index contributed by atoms with van der Waals surface area (Å²) in [5.74, 6) is -0.342. The summed E-state index contributed by atoms with van der Waals surface area (Å²) in [6, 6.07) is 6.09. The first-order valence-electron chi connectivity index (χ1n) is 4.61. The molecule has 0 fully saturated rings. The first kappa shape index (κ1) is 11.0. The largest absolute Gasteiger partial charge is 0.295 e.